The van der Waals surface area contributed by atoms with Gasteiger partial charge in [0.1, 0.15) is 10.8 Å². The Kier molecular flexibility index (Phi) is 6.86. The molecule has 2 aromatic rings. The number of sulfonamides is 1. The van der Waals surface area contributed by atoms with Crippen molar-refractivity contribution in [3.05, 3.63) is 18.2 Å². The molecule has 1 unspecified atom stereocenters. The molecule has 0 aliphatic carbocycles. The van der Waals surface area contributed by atoms with Gasteiger partial charge < -0.3 is 15.5 Å². The molecule has 0 saturated carbocycles. The van der Waals surface area contributed by atoms with E-state index < -0.39 is 40.1 Å². The zero-order chi connectivity index (χ0) is 25.4. The van der Waals surface area contributed by atoms with Gasteiger partial charge in [-0.1, -0.05) is 0 Å². The molecule has 1 aromatic heterocycles. The molecule has 1 aromatic carbocycles. The highest BCUT2D eigenvalue weighted by Crippen LogP contribution is 2.28. The van der Waals surface area contributed by atoms with E-state index in [4.69, 9.17) is 0 Å². The van der Waals surface area contributed by atoms with E-state index in [0.717, 1.165) is 37.5 Å². The molecular formula is C17H23N7O8S3. The lowest BCUT2D eigenvalue weighted by atomic mass is 10.1. The van der Waals surface area contributed by atoms with Gasteiger partial charge in [-0.25, -0.2) is 8.42 Å². The number of nitrogens with one attached hydrogen (secondary N) is 2. The van der Waals surface area contributed by atoms with Crippen LogP contribution in [-0.4, -0.2) is 85.7 Å². The summed E-state index contributed by atoms with van der Waals surface area (Å²) in [6.45, 7) is 1.72. The van der Waals surface area contributed by atoms with Crippen molar-refractivity contribution in [1.29, 1.82) is 0 Å². The maximum Gasteiger partial charge on any atom is 0.296 e. The molecule has 2 aliphatic heterocycles. The Morgan fingerprint density at radius 3 is 2.20 bits per heavy atom. The van der Waals surface area contributed by atoms with Crippen LogP contribution in [0.5, 0.6) is 0 Å². The SMILES string of the molecule is O=S(=O)(O)c1ccc(S(=O)(=O)O)c(Nc2nc(NCCN3CS3(=O)=O)nc(N3CCCCC3)n2)c1. The molecule has 2 fully saturated rings. The van der Waals surface area contributed by atoms with Crippen LogP contribution in [0.3, 0.4) is 0 Å². The van der Waals surface area contributed by atoms with Gasteiger partial charge in [0.05, 0.1) is 10.6 Å². The molecule has 0 amide bonds. The van der Waals surface area contributed by atoms with Gasteiger partial charge in [0, 0.05) is 26.2 Å². The minimum Gasteiger partial charge on any atom is -0.353 e. The second kappa shape index (κ2) is 9.43. The van der Waals surface area contributed by atoms with Gasteiger partial charge in [-0.05, 0) is 37.5 Å². The van der Waals surface area contributed by atoms with Gasteiger partial charge in [-0.2, -0.15) is 36.1 Å². The van der Waals surface area contributed by atoms with E-state index in [-0.39, 0.29) is 42.5 Å². The van der Waals surface area contributed by atoms with E-state index in [1.165, 1.54) is 4.31 Å². The van der Waals surface area contributed by atoms with Crippen LogP contribution in [-0.2, 0) is 30.3 Å². The zero-order valence-corrected chi connectivity index (χ0v) is 20.6. The average molecular weight is 550 g/mol. The summed E-state index contributed by atoms with van der Waals surface area (Å²) in [6.07, 6.45) is 2.86. The smallest absolute Gasteiger partial charge is 0.296 e. The van der Waals surface area contributed by atoms with E-state index in [9.17, 15) is 34.4 Å². The van der Waals surface area contributed by atoms with Crippen molar-refractivity contribution in [2.24, 2.45) is 0 Å². The van der Waals surface area contributed by atoms with Gasteiger partial charge in [0.25, 0.3) is 20.2 Å². The first-order chi connectivity index (χ1) is 16.3. The molecule has 4 N–H and O–H groups in total. The highest BCUT2D eigenvalue weighted by atomic mass is 32.2. The summed E-state index contributed by atoms with van der Waals surface area (Å²) >= 11 is 0. The maximum atomic E-state index is 11.8. The predicted molar refractivity (Wildman–Crippen MR) is 124 cm³/mol. The Labute approximate surface area is 202 Å². The molecular weight excluding hydrogens is 526 g/mol. The number of hydrogen-bond acceptors (Lipinski definition) is 12. The number of piperidine rings is 1. The lowest BCUT2D eigenvalue weighted by Crippen LogP contribution is -2.31. The van der Waals surface area contributed by atoms with Crippen LogP contribution >= 0.6 is 0 Å². The fourth-order valence-electron chi connectivity index (χ4n) is 3.50. The number of anilines is 4. The van der Waals surface area contributed by atoms with Crippen LogP contribution in [0.1, 0.15) is 19.3 Å². The maximum absolute atomic E-state index is 11.8. The summed E-state index contributed by atoms with van der Waals surface area (Å²) in [5.74, 6) is 0.144. The second-order valence-electron chi connectivity index (χ2n) is 7.91. The zero-order valence-electron chi connectivity index (χ0n) is 18.2. The summed E-state index contributed by atoms with van der Waals surface area (Å²) in [7, 11) is -12.6. The van der Waals surface area contributed by atoms with Crippen LogP contribution < -0.4 is 15.5 Å². The lowest BCUT2D eigenvalue weighted by Gasteiger charge is -2.27. The molecule has 2 saturated heterocycles. The molecule has 3 heterocycles. The summed E-state index contributed by atoms with van der Waals surface area (Å²) in [5.41, 5.74) is -0.389. The molecule has 4 rings (SSSR count). The summed E-state index contributed by atoms with van der Waals surface area (Å²) in [5, 5.41) is 5.49. The van der Waals surface area contributed by atoms with Crippen LogP contribution in [0.2, 0.25) is 0 Å². The van der Waals surface area contributed by atoms with Gasteiger partial charge in [0.2, 0.25) is 27.9 Å². The van der Waals surface area contributed by atoms with Crippen molar-refractivity contribution in [3.63, 3.8) is 0 Å². The van der Waals surface area contributed by atoms with E-state index in [1.54, 1.807) is 0 Å². The third-order valence-electron chi connectivity index (χ3n) is 5.31. The second-order valence-corrected chi connectivity index (χ2v) is 12.7. The quantitative estimate of drug-likeness (QED) is 0.242. The summed E-state index contributed by atoms with van der Waals surface area (Å²) in [4.78, 5) is 13.5. The topological polar surface area (TPSA) is 212 Å². The van der Waals surface area contributed by atoms with E-state index in [1.807, 2.05) is 4.90 Å². The standard InChI is InChI=1S/C17H23N7O8S3/c25-33(26)11-24(33)9-6-18-15-20-16(22-17(21-15)23-7-2-1-3-8-23)19-13-10-12(34(27,28)29)4-5-14(13)35(30,31)32/h4-5,10H,1-3,6-9,11H2,(H,27,28,29)(H,30,31,32)(H2,18,19,20,21,22). The van der Waals surface area contributed by atoms with Gasteiger partial charge in [-0.3, -0.25) is 9.11 Å². The fourth-order valence-corrected chi connectivity index (χ4v) is 5.71. The number of benzene rings is 1. The molecule has 15 nitrogen and oxygen atoms in total. The lowest BCUT2D eigenvalue weighted by molar-refractivity contribution is 0.479. The number of rotatable bonds is 9. The van der Waals surface area contributed by atoms with Crippen LogP contribution in [0.15, 0.2) is 28.0 Å². The van der Waals surface area contributed by atoms with Gasteiger partial charge in [0.15, 0.2) is 0 Å². The highest BCUT2D eigenvalue weighted by Gasteiger charge is 2.39. The summed E-state index contributed by atoms with van der Waals surface area (Å²) < 4.78 is 89.6. The Hall–Kier alpha value is -2.64. The average Bonchev–Trinajstić information content (AvgIpc) is 3.39. The number of hydrogen-bond donors (Lipinski definition) is 4. The molecule has 2 aliphatic rings. The Bertz CT molecular complexity index is 1440. The Morgan fingerprint density at radius 1 is 0.943 bits per heavy atom. The number of nitrogens with zero attached hydrogens (tertiary/aromatic N) is 5. The first kappa shape index (κ1) is 25.5. The first-order valence-electron chi connectivity index (χ1n) is 10.4. The van der Waals surface area contributed by atoms with E-state index in [0.29, 0.717) is 13.1 Å². The molecule has 18 heteroatoms. The Morgan fingerprint density at radius 2 is 1.60 bits per heavy atom. The molecule has 0 radical (unpaired) electrons. The number of aromatic nitrogens is 3. The van der Waals surface area contributed by atoms with Gasteiger partial charge >= 0.3 is 0 Å². The van der Waals surface area contributed by atoms with E-state index >= 15 is 0 Å². The van der Waals surface area contributed by atoms with Crippen molar-refractivity contribution < 1.29 is 34.4 Å². The highest BCUT2D eigenvalue weighted by molar-refractivity contribution is 7.95. The predicted octanol–water partition coefficient (Wildman–Crippen LogP) is 0.114. The van der Waals surface area contributed by atoms with Crippen molar-refractivity contribution in [2.75, 3.05) is 47.6 Å². The minimum absolute atomic E-state index is 0.0275. The minimum atomic E-state index is -4.78. The summed E-state index contributed by atoms with van der Waals surface area (Å²) in [6, 6.07) is 2.46. The fraction of sp³-hybridized carbons (Fsp3) is 0.471. The first-order valence-corrected chi connectivity index (χ1v) is 14.9. The van der Waals surface area contributed by atoms with Crippen LogP contribution in [0, 0.1) is 0 Å². The normalized spacial score (nSPS) is 19.8. The molecule has 192 valence electrons. The molecule has 0 spiro atoms. The van der Waals surface area contributed by atoms with Crippen LogP contribution in [0.4, 0.5) is 23.5 Å². The Balaban J connectivity index is 1.67. The third-order valence-corrected chi connectivity index (χ3v) is 8.51. The monoisotopic (exact) mass is 549 g/mol. The third kappa shape index (κ3) is 6.33. The van der Waals surface area contributed by atoms with Crippen molar-refractivity contribution in [1.82, 2.24) is 19.3 Å². The molecule has 0 bridgehead atoms. The largest absolute Gasteiger partial charge is 0.353 e. The van der Waals surface area contributed by atoms with Gasteiger partial charge in [-0.15, -0.1) is 0 Å². The van der Waals surface area contributed by atoms with Crippen LogP contribution in [0.25, 0.3) is 0 Å². The molecule has 35 heavy (non-hydrogen) atoms. The molecule has 1 atom stereocenters. The van der Waals surface area contributed by atoms with E-state index in [2.05, 4.69) is 25.6 Å². The van der Waals surface area contributed by atoms with Crippen molar-refractivity contribution >= 4 is 53.8 Å². The van der Waals surface area contributed by atoms with Crippen molar-refractivity contribution in [3.8, 4) is 0 Å². The van der Waals surface area contributed by atoms with Crippen molar-refractivity contribution in [2.45, 2.75) is 29.1 Å².